The van der Waals surface area contributed by atoms with Crippen molar-refractivity contribution >= 4 is 11.0 Å². The smallest absolute Gasteiger partial charge is 0.163 e. The maximum atomic E-state index is 10.3. The number of hydrogen-bond donors (Lipinski definition) is 2. The minimum Gasteiger partial charge on any atom is -0.387 e. The standard InChI is InChI=1S/C15H18N2O4/c1-15(2)20-8-12(21-15)14(19)13(18)11-7-16-9-5-3-4-6-10(9)17-11/h3-7,12-14,18-19H,8H2,1-2H3/t12-,13+,14+/m0/s1. The second kappa shape index (κ2) is 5.31. The van der Waals surface area contributed by atoms with Gasteiger partial charge in [0.25, 0.3) is 0 Å². The number of rotatable bonds is 3. The highest BCUT2D eigenvalue weighted by molar-refractivity contribution is 5.73. The molecule has 0 amide bonds. The minimum absolute atomic E-state index is 0.228. The molecule has 1 aliphatic heterocycles. The predicted octanol–water partition coefficient (Wildman–Crippen LogP) is 1.18. The zero-order chi connectivity index (χ0) is 15.0. The molecule has 1 aliphatic rings. The molecule has 6 heteroatoms. The fourth-order valence-corrected chi connectivity index (χ4v) is 2.38. The van der Waals surface area contributed by atoms with E-state index in [0.29, 0.717) is 11.2 Å². The molecule has 1 fully saturated rings. The van der Waals surface area contributed by atoms with Crippen LogP contribution in [0, 0.1) is 0 Å². The van der Waals surface area contributed by atoms with Gasteiger partial charge in [-0.15, -0.1) is 0 Å². The van der Waals surface area contributed by atoms with Gasteiger partial charge in [0.05, 0.1) is 29.5 Å². The first-order valence-electron chi connectivity index (χ1n) is 6.86. The Hall–Kier alpha value is -1.60. The highest BCUT2D eigenvalue weighted by atomic mass is 16.7. The first-order valence-corrected chi connectivity index (χ1v) is 6.86. The van der Waals surface area contributed by atoms with Gasteiger partial charge in [0.1, 0.15) is 18.3 Å². The maximum absolute atomic E-state index is 10.3. The number of aromatic nitrogens is 2. The van der Waals surface area contributed by atoms with Crippen molar-refractivity contribution in [2.75, 3.05) is 6.61 Å². The molecule has 1 saturated heterocycles. The second-order valence-electron chi connectivity index (χ2n) is 5.59. The first kappa shape index (κ1) is 14.3. The Kier molecular flexibility index (Phi) is 3.62. The molecule has 1 aromatic carbocycles. The SMILES string of the molecule is CC1(C)OC[C@@H]([C@@H](O)[C@H](O)c2cnc3ccccc3n2)O1. The number of nitrogens with zero attached hydrogens (tertiary/aromatic N) is 2. The summed E-state index contributed by atoms with van der Waals surface area (Å²) >= 11 is 0. The van der Waals surface area contributed by atoms with Gasteiger partial charge in [-0.05, 0) is 26.0 Å². The lowest BCUT2D eigenvalue weighted by Crippen LogP contribution is -2.35. The van der Waals surface area contributed by atoms with E-state index in [0.717, 1.165) is 5.52 Å². The maximum Gasteiger partial charge on any atom is 0.163 e. The van der Waals surface area contributed by atoms with E-state index in [1.54, 1.807) is 13.8 Å². The summed E-state index contributed by atoms with van der Waals surface area (Å²) in [7, 11) is 0. The van der Waals surface area contributed by atoms with Crippen LogP contribution in [0.3, 0.4) is 0 Å². The van der Waals surface area contributed by atoms with E-state index < -0.39 is 24.1 Å². The fourth-order valence-electron chi connectivity index (χ4n) is 2.38. The summed E-state index contributed by atoms with van der Waals surface area (Å²) in [5.74, 6) is -0.750. The van der Waals surface area contributed by atoms with Gasteiger partial charge >= 0.3 is 0 Å². The average Bonchev–Trinajstić information content (AvgIpc) is 2.85. The van der Waals surface area contributed by atoms with E-state index in [4.69, 9.17) is 9.47 Å². The summed E-state index contributed by atoms with van der Waals surface area (Å²) in [5.41, 5.74) is 1.73. The quantitative estimate of drug-likeness (QED) is 0.883. The molecule has 2 N–H and O–H groups in total. The van der Waals surface area contributed by atoms with Gasteiger partial charge in [-0.3, -0.25) is 4.98 Å². The third kappa shape index (κ3) is 2.89. The zero-order valence-electron chi connectivity index (χ0n) is 11.9. The Morgan fingerprint density at radius 3 is 2.62 bits per heavy atom. The van der Waals surface area contributed by atoms with Crippen LogP contribution in [0.1, 0.15) is 25.6 Å². The van der Waals surface area contributed by atoms with E-state index in [2.05, 4.69) is 9.97 Å². The van der Waals surface area contributed by atoms with Crippen LogP contribution < -0.4 is 0 Å². The number of aliphatic hydroxyl groups is 2. The second-order valence-corrected chi connectivity index (χ2v) is 5.59. The van der Waals surface area contributed by atoms with E-state index in [1.807, 2.05) is 24.3 Å². The Morgan fingerprint density at radius 1 is 1.24 bits per heavy atom. The minimum atomic E-state index is -1.18. The van der Waals surface area contributed by atoms with Crippen LogP contribution in [0.5, 0.6) is 0 Å². The predicted molar refractivity (Wildman–Crippen MR) is 75.4 cm³/mol. The molecule has 1 aromatic heterocycles. The Labute approximate surface area is 122 Å². The Morgan fingerprint density at radius 2 is 1.95 bits per heavy atom. The largest absolute Gasteiger partial charge is 0.387 e. The molecule has 6 nitrogen and oxygen atoms in total. The van der Waals surface area contributed by atoms with Crippen LogP contribution in [-0.2, 0) is 9.47 Å². The number of aliphatic hydroxyl groups excluding tert-OH is 2. The fraction of sp³-hybridized carbons (Fsp3) is 0.467. The van der Waals surface area contributed by atoms with Crippen LogP contribution in [0.2, 0.25) is 0 Å². The highest BCUT2D eigenvalue weighted by Crippen LogP contribution is 2.29. The third-order valence-corrected chi connectivity index (χ3v) is 3.51. The lowest BCUT2D eigenvalue weighted by atomic mass is 10.1. The summed E-state index contributed by atoms with van der Waals surface area (Å²) in [6.45, 7) is 3.76. The van der Waals surface area contributed by atoms with Crippen molar-refractivity contribution in [3.63, 3.8) is 0 Å². The van der Waals surface area contributed by atoms with Crippen LogP contribution in [0.15, 0.2) is 30.5 Å². The average molecular weight is 290 g/mol. The van der Waals surface area contributed by atoms with Crippen LogP contribution >= 0.6 is 0 Å². The zero-order valence-corrected chi connectivity index (χ0v) is 11.9. The molecule has 0 aliphatic carbocycles. The van der Waals surface area contributed by atoms with Crippen LogP contribution in [0.4, 0.5) is 0 Å². The van der Waals surface area contributed by atoms with E-state index >= 15 is 0 Å². The van der Waals surface area contributed by atoms with Crippen molar-refractivity contribution in [1.29, 1.82) is 0 Å². The van der Waals surface area contributed by atoms with E-state index in [-0.39, 0.29) is 6.61 Å². The molecule has 0 radical (unpaired) electrons. The van der Waals surface area contributed by atoms with Gasteiger partial charge < -0.3 is 19.7 Å². The first-order chi connectivity index (χ1) is 9.96. The molecule has 0 spiro atoms. The molecular weight excluding hydrogens is 272 g/mol. The normalized spacial score (nSPS) is 24.1. The van der Waals surface area contributed by atoms with Gasteiger partial charge in [-0.25, -0.2) is 4.98 Å². The van der Waals surface area contributed by atoms with Crippen molar-refractivity contribution < 1.29 is 19.7 Å². The third-order valence-electron chi connectivity index (χ3n) is 3.51. The Balaban J connectivity index is 1.81. The number of hydrogen-bond acceptors (Lipinski definition) is 6. The van der Waals surface area contributed by atoms with E-state index in [1.165, 1.54) is 6.20 Å². The summed E-state index contributed by atoms with van der Waals surface area (Å²) in [6.07, 6.45) is -1.42. The number of benzene rings is 1. The van der Waals surface area contributed by atoms with Crippen molar-refractivity contribution in [1.82, 2.24) is 9.97 Å². The number of ether oxygens (including phenoxy) is 2. The lowest BCUT2D eigenvalue weighted by Gasteiger charge is -2.23. The molecule has 3 rings (SSSR count). The summed E-state index contributed by atoms with van der Waals surface area (Å²) in [6, 6.07) is 7.36. The van der Waals surface area contributed by atoms with Gasteiger partial charge in [-0.2, -0.15) is 0 Å². The van der Waals surface area contributed by atoms with Crippen LogP contribution in [-0.4, -0.2) is 44.8 Å². The lowest BCUT2D eigenvalue weighted by molar-refractivity contribution is -0.161. The van der Waals surface area contributed by atoms with Crippen molar-refractivity contribution in [2.24, 2.45) is 0 Å². The molecule has 2 heterocycles. The van der Waals surface area contributed by atoms with Crippen molar-refractivity contribution in [3.05, 3.63) is 36.2 Å². The topological polar surface area (TPSA) is 84.7 Å². The summed E-state index contributed by atoms with van der Waals surface area (Å²) in [4.78, 5) is 8.57. The molecule has 2 aromatic rings. The molecule has 0 unspecified atom stereocenters. The van der Waals surface area contributed by atoms with Gasteiger partial charge in [0.15, 0.2) is 5.79 Å². The number of fused-ring (bicyclic) bond motifs is 1. The molecule has 0 saturated carbocycles. The molecule has 21 heavy (non-hydrogen) atoms. The molecule has 3 atom stereocenters. The monoisotopic (exact) mass is 290 g/mol. The Bertz CT molecular complexity index is 646. The van der Waals surface area contributed by atoms with Crippen LogP contribution in [0.25, 0.3) is 11.0 Å². The highest BCUT2D eigenvalue weighted by Gasteiger charge is 2.40. The number of para-hydroxylation sites is 2. The van der Waals surface area contributed by atoms with Crippen molar-refractivity contribution in [3.8, 4) is 0 Å². The summed E-state index contributed by atoms with van der Waals surface area (Å²) < 4.78 is 11.0. The molecular formula is C15H18N2O4. The van der Waals surface area contributed by atoms with Crippen molar-refractivity contribution in [2.45, 2.75) is 37.9 Å². The van der Waals surface area contributed by atoms with Gasteiger partial charge in [0.2, 0.25) is 0 Å². The van der Waals surface area contributed by atoms with Gasteiger partial charge in [-0.1, -0.05) is 12.1 Å². The van der Waals surface area contributed by atoms with Gasteiger partial charge in [0, 0.05) is 0 Å². The molecule has 0 bridgehead atoms. The summed E-state index contributed by atoms with van der Waals surface area (Å²) in [5, 5.41) is 20.5. The molecule has 112 valence electrons. The van der Waals surface area contributed by atoms with E-state index in [9.17, 15) is 10.2 Å².